The fourth-order valence-corrected chi connectivity index (χ4v) is 5.53. The van der Waals surface area contributed by atoms with Crippen LogP contribution in [0.1, 0.15) is 0 Å². The SMILES string of the molecule is c1ccc(-c2nc(-c3ccccc3)nc(-c3cccc(-c4nc5ccccc5c5c4ccc4ccccc45)n3)n2)cc1. The molecule has 5 aromatic carbocycles. The molecule has 8 aromatic rings. The molecule has 0 spiro atoms. The van der Waals surface area contributed by atoms with Gasteiger partial charge in [0.25, 0.3) is 0 Å². The smallest absolute Gasteiger partial charge is 0.182 e. The summed E-state index contributed by atoms with van der Waals surface area (Å²) in [5.41, 5.74) is 5.03. The van der Waals surface area contributed by atoms with Crippen LogP contribution < -0.4 is 0 Å². The van der Waals surface area contributed by atoms with Crippen molar-refractivity contribution >= 4 is 32.4 Å². The molecule has 0 aliphatic rings. The van der Waals surface area contributed by atoms with Crippen LogP contribution in [-0.4, -0.2) is 24.9 Å². The zero-order valence-electron chi connectivity index (χ0n) is 22.5. The van der Waals surface area contributed by atoms with E-state index in [0.29, 0.717) is 23.2 Å². The van der Waals surface area contributed by atoms with Crippen molar-refractivity contribution in [3.8, 4) is 45.7 Å². The molecule has 5 nitrogen and oxygen atoms in total. The standard InChI is InChI=1S/C37H23N5/c1-3-13-25(14-4-1)35-40-36(26-15-5-2-6-16-26)42-37(41-35)32-21-11-20-31(38-32)34-29-23-22-24-12-7-8-17-27(24)33(29)28-18-9-10-19-30(28)39-34/h1-23H. The third-order valence-corrected chi connectivity index (χ3v) is 7.51. The Kier molecular flexibility index (Phi) is 5.71. The second kappa shape index (κ2) is 9.98. The first-order chi connectivity index (χ1) is 20.8. The van der Waals surface area contributed by atoms with Crippen LogP contribution in [-0.2, 0) is 0 Å². The number of rotatable bonds is 4. The highest BCUT2D eigenvalue weighted by Crippen LogP contribution is 2.37. The summed E-state index contributed by atoms with van der Waals surface area (Å²) < 4.78 is 0. The molecule has 0 atom stereocenters. The summed E-state index contributed by atoms with van der Waals surface area (Å²) in [4.78, 5) is 24.8. The molecule has 0 fully saturated rings. The molecule has 196 valence electrons. The molecule has 0 unspecified atom stereocenters. The third kappa shape index (κ3) is 4.16. The monoisotopic (exact) mass is 537 g/mol. The first-order valence-electron chi connectivity index (χ1n) is 13.9. The van der Waals surface area contributed by atoms with Crippen molar-refractivity contribution in [2.75, 3.05) is 0 Å². The van der Waals surface area contributed by atoms with Crippen molar-refractivity contribution in [2.24, 2.45) is 0 Å². The van der Waals surface area contributed by atoms with Gasteiger partial charge in [0.1, 0.15) is 5.69 Å². The van der Waals surface area contributed by atoms with E-state index >= 15 is 0 Å². The predicted octanol–water partition coefficient (Wildman–Crippen LogP) is 8.79. The molecular weight excluding hydrogens is 514 g/mol. The zero-order valence-corrected chi connectivity index (χ0v) is 22.5. The lowest BCUT2D eigenvalue weighted by atomic mass is 9.96. The molecule has 8 rings (SSSR count). The molecule has 0 aliphatic heterocycles. The molecule has 0 aliphatic carbocycles. The lowest BCUT2D eigenvalue weighted by Gasteiger charge is -2.13. The molecule has 0 N–H and O–H groups in total. The highest BCUT2D eigenvalue weighted by molar-refractivity contribution is 6.22. The van der Waals surface area contributed by atoms with Gasteiger partial charge < -0.3 is 0 Å². The molecule has 3 aromatic heterocycles. The number of aromatic nitrogens is 5. The maximum absolute atomic E-state index is 5.13. The average Bonchev–Trinajstić information content (AvgIpc) is 3.08. The van der Waals surface area contributed by atoms with Crippen molar-refractivity contribution in [3.05, 3.63) is 140 Å². The minimum Gasteiger partial charge on any atom is -0.245 e. The Morgan fingerprint density at radius 3 is 1.67 bits per heavy atom. The third-order valence-electron chi connectivity index (χ3n) is 7.51. The molecule has 0 bridgehead atoms. The Hall–Kier alpha value is -5.81. The van der Waals surface area contributed by atoms with Gasteiger partial charge in [-0.3, -0.25) is 0 Å². The van der Waals surface area contributed by atoms with E-state index in [1.807, 2.05) is 84.9 Å². The quantitative estimate of drug-likeness (QED) is 0.210. The van der Waals surface area contributed by atoms with E-state index in [-0.39, 0.29) is 0 Å². The summed E-state index contributed by atoms with van der Waals surface area (Å²) in [7, 11) is 0. The molecule has 0 amide bonds. The van der Waals surface area contributed by atoms with E-state index in [0.717, 1.165) is 38.8 Å². The average molecular weight is 538 g/mol. The van der Waals surface area contributed by atoms with Crippen LogP contribution in [0, 0.1) is 0 Å². The number of hydrogen-bond donors (Lipinski definition) is 0. The van der Waals surface area contributed by atoms with Crippen LogP contribution in [0.25, 0.3) is 78.1 Å². The number of fused-ring (bicyclic) bond motifs is 5. The summed E-state index contributed by atoms with van der Waals surface area (Å²) in [5.74, 6) is 1.72. The second-order valence-corrected chi connectivity index (χ2v) is 10.1. The van der Waals surface area contributed by atoms with Crippen LogP contribution in [0.4, 0.5) is 0 Å². The lowest BCUT2D eigenvalue weighted by Crippen LogP contribution is -2.02. The van der Waals surface area contributed by atoms with Crippen LogP contribution in [0.2, 0.25) is 0 Å². The van der Waals surface area contributed by atoms with Gasteiger partial charge in [0, 0.05) is 27.3 Å². The van der Waals surface area contributed by atoms with Crippen molar-refractivity contribution in [1.82, 2.24) is 24.9 Å². The molecular formula is C37H23N5. The van der Waals surface area contributed by atoms with E-state index in [4.69, 9.17) is 24.9 Å². The topological polar surface area (TPSA) is 64.5 Å². The van der Waals surface area contributed by atoms with E-state index < -0.39 is 0 Å². The molecule has 3 heterocycles. The van der Waals surface area contributed by atoms with Crippen molar-refractivity contribution < 1.29 is 0 Å². The number of para-hydroxylation sites is 1. The Morgan fingerprint density at radius 2 is 0.929 bits per heavy atom. The first-order valence-corrected chi connectivity index (χ1v) is 13.9. The van der Waals surface area contributed by atoms with Gasteiger partial charge in [0.05, 0.1) is 16.9 Å². The Morgan fingerprint density at radius 1 is 0.333 bits per heavy atom. The second-order valence-electron chi connectivity index (χ2n) is 10.1. The maximum Gasteiger partial charge on any atom is 0.182 e. The van der Waals surface area contributed by atoms with E-state index in [2.05, 4.69) is 54.6 Å². The molecule has 0 saturated heterocycles. The van der Waals surface area contributed by atoms with Gasteiger partial charge in [0.15, 0.2) is 17.5 Å². The summed E-state index contributed by atoms with van der Waals surface area (Å²) in [6.07, 6.45) is 0. The van der Waals surface area contributed by atoms with Crippen molar-refractivity contribution in [1.29, 1.82) is 0 Å². The van der Waals surface area contributed by atoms with Crippen molar-refractivity contribution in [3.63, 3.8) is 0 Å². The Balaban J connectivity index is 1.35. The Bertz CT molecular complexity index is 2170. The number of nitrogens with zero attached hydrogens (tertiary/aromatic N) is 5. The van der Waals surface area contributed by atoms with Gasteiger partial charge in [-0.15, -0.1) is 0 Å². The largest absolute Gasteiger partial charge is 0.245 e. The fourth-order valence-electron chi connectivity index (χ4n) is 5.53. The van der Waals surface area contributed by atoms with Crippen LogP contribution >= 0.6 is 0 Å². The predicted molar refractivity (Wildman–Crippen MR) is 170 cm³/mol. The number of hydrogen-bond acceptors (Lipinski definition) is 5. The molecule has 42 heavy (non-hydrogen) atoms. The van der Waals surface area contributed by atoms with Gasteiger partial charge in [-0.2, -0.15) is 0 Å². The lowest BCUT2D eigenvalue weighted by molar-refractivity contribution is 1.06. The van der Waals surface area contributed by atoms with Gasteiger partial charge in [-0.1, -0.05) is 121 Å². The fraction of sp³-hybridized carbons (Fsp3) is 0. The van der Waals surface area contributed by atoms with E-state index in [1.54, 1.807) is 0 Å². The summed E-state index contributed by atoms with van der Waals surface area (Å²) in [6, 6.07) is 47.0. The minimum atomic E-state index is 0.514. The highest BCUT2D eigenvalue weighted by Gasteiger charge is 2.17. The van der Waals surface area contributed by atoms with Gasteiger partial charge in [0.2, 0.25) is 0 Å². The Labute approximate surface area is 242 Å². The summed E-state index contributed by atoms with van der Waals surface area (Å²) in [6.45, 7) is 0. The molecule has 5 heteroatoms. The van der Waals surface area contributed by atoms with Gasteiger partial charge in [-0.05, 0) is 29.0 Å². The number of pyridine rings is 2. The van der Waals surface area contributed by atoms with Gasteiger partial charge in [-0.25, -0.2) is 24.9 Å². The first kappa shape index (κ1) is 24.0. The molecule has 0 radical (unpaired) electrons. The minimum absolute atomic E-state index is 0.514. The van der Waals surface area contributed by atoms with Crippen LogP contribution in [0.15, 0.2) is 140 Å². The van der Waals surface area contributed by atoms with Gasteiger partial charge >= 0.3 is 0 Å². The zero-order chi connectivity index (χ0) is 27.9. The van der Waals surface area contributed by atoms with E-state index in [9.17, 15) is 0 Å². The number of benzene rings is 5. The normalized spacial score (nSPS) is 11.3. The van der Waals surface area contributed by atoms with E-state index in [1.165, 1.54) is 16.2 Å². The van der Waals surface area contributed by atoms with Crippen molar-refractivity contribution in [2.45, 2.75) is 0 Å². The van der Waals surface area contributed by atoms with Crippen LogP contribution in [0.3, 0.4) is 0 Å². The van der Waals surface area contributed by atoms with Crippen LogP contribution in [0.5, 0.6) is 0 Å². The summed E-state index contributed by atoms with van der Waals surface area (Å²) in [5, 5.41) is 5.76. The highest BCUT2D eigenvalue weighted by atomic mass is 15.0. The maximum atomic E-state index is 5.13. The molecule has 0 saturated carbocycles. The summed E-state index contributed by atoms with van der Waals surface area (Å²) >= 11 is 0.